The molecule has 0 atom stereocenters. The molecule has 1 heterocycles. The number of amides is 1. The van der Waals surface area contributed by atoms with Crippen molar-refractivity contribution in [3.8, 4) is 0 Å². The molecule has 18 heavy (non-hydrogen) atoms. The van der Waals surface area contributed by atoms with Gasteiger partial charge in [0.05, 0.1) is 0 Å². The molecule has 2 N–H and O–H groups in total. The lowest BCUT2D eigenvalue weighted by Crippen LogP contribution is -2.14. The second kappa shape index (κ2) is 5.51. The predicted octanol–water partition coefficient (Wildman–Crippen LogP) is 2.56. The molecule has 2 rings (SSSR count). The maximum absolute atomic E-state index is 12.0. The molecule has 1 amide bonds. The van der Waals surface area contributed by atoms with E-state index < -0.39 is 0 Å². The Kier molecular flexibility index (Phi) is 3.79. The molecular weight excluding hydrogens is 228 g/mol. The minimum Gasteiger partial charge on any atom is -0.456 e. The van der Waals surface area contributed by atoms with E-state index in [0.717, 1.165) is 17.0 Å². The molecule has 94 valence electrons. The maximum Gasteiger partial charge on any atom is 0.291 e. The third kappa shape index (κ3) is 2.78. The molecule has 0 aliphatic heterocycles. The van der Waals surface area contributed by atoms with Gasteiger partial charge in [-0.2, -0.15) is 0 Å². The lowest BCUT2D eigenvalue weighted by Gasteiger charge is -2.09. The number of para-hydroxylation sites is 1. The first-order valence-corrected chi connectivity index (χ1v) is 5.81. The first-order chi connectivity index (χ1) is 8.70. The van der Waals surface area contributed by atoms with Crippen molar-refractivity contribution in [2.24, 2.45) is 0 Å². The number of carbonyl (C=O) groups excluding carboxylic acids is 1. The van der Waals surface area contributed by atoms with Gasteiger partial charge in [-0.15, -0.1) is 0 Å². The Morgan fingerprint density at radius 3 is 2.67 bits per heavy atom. The molecule has 4 heteroatoms. The third-order valence-electron chi connectivity index (χ3n) is 2.60. The van der Waals surface area contributed by atoms with E-state index in [2.05, 4.69) is 10.6 Å². The largest absolute Gasteiger partial charge is 0.456 e. The molecule has 0 saturated carbocycles. The van der Waals surface area contributed by atoms with E-state index in [1.54, 1.807) is 12.1 Å². The summed E-state index contributed by atoms with van der Waals surface area (Å²) in [6, 6.07) is 11.1. The number of carbonyl (C=O) groups is 1. The summed E-state index contributed by atoms with van der Waals surface area (Å²) in [4.78, 5) is 12.0. The Morgan fingerprint density at radius 1 is 1.22 bits per heavy atom. The van der Waals surface area contributed by atoms with Crippen molar-refractivity contribution >= 4 is 11.6 Å². The highest BCUT2D eigenvalue weighted by atomic mass is 16.3. The summed E-state index contributed by atoms with van der Waals surface area (Å²) in [5, 5.41) is 5.92. The quantitative estimate of drug-likeness (QED) is 0.869. The summed E-state index contributed by atoms with van der Waals surface area (Å²) in [5.74, 6) is 0.821. The normalized spacial score (nSPS) is 10.3. The van der Waals surface area contributed by atoms with Gasteiger partial charge in [0.25, 0.3) is 5.91 Å². The van der Waals surface area contributed by atoms with Crippen molar-refractivity contribution in [3.63, 3.8) is 0 Å². The fourth-order valence-corrected chi connectivity index (χ4v) is 1.73. The highest BCUT2D eigenvalue weighted by Gasteiger charge is 2.11. The Labute approximate surface area is 106 Å². The molecule has 0 radical (unpaired) electrons. The summed E-state index contributed by atoms with van der Waals surface area (Å²) < 4.78 is 5.29. The van der Waals surface area contributed by atoms with Gasteiger partial charge >= 0.3 is 0 Å². The zero-order valence-corrected chi connectivity index (χ0v) is 10.5. The van der Waals surface area contributed by atoms with Crippen molar-refractivity contribution < 1.29 is 9.21 Å². The molecule has 1 aromatic heterocycles. The molecule has 2 aromatic rings. The molecule has 0 saturated heterocycles. The van der Waals surface area contributed by atoms with E-state index in [1.807, 2.05) is 38.2 Å². The number of aryl methyl sites for hydroxylation is 1. The lowest BCUT2D eigenvalue weighted by molar-refractivity contribution is 0.0995. The predicted molar refractivity (Wildman–Crippen MR) is 70.6 cm³/mol. The van der Waals surface area contributed by atoms with Gasteiger partial charge in [-0.25, -0.2) is 0 Å². The number of furan rings is 1. The van der Waals surface area contributed by atoms with Crippen LogP contribution in [0.25, 0.3) is 0 Å². The van der Waals surface area contributed by atoms with E-state index in [-0.39, 0.29) is 5.91 Å². The van der Waals surface area contributed by atoms with Crippen molar-refractivity contribution in [2.75, 3.05) is 12.4 Å². The molecule has 0 fully saturated rings. The van der Waals surface area contributed by atoms with Gasteiger partial charge in [-0.05, 0) is 37.7 Å². The monoisotopic (exact) mass is 244 g/mol. The van der Waals surface area contributed by atoms with Crippen LogP contribution in [0.15, 0.2) is 40.8 Å². The third-order valence-corrected chi connectivity index (χ3v) is 2.60. The zero-order valence-electron chi connectivity index (χ0n) is 10.5. The van der Waals surface area contributed by atoms with E-state index in [0.29, 0.717) is 12.3 Å². The molecular formula is C14H16N2O2. The average Bonchev–Trinajstić information content (AvgIpc) is 2.79. The summed E-state index contributed by atoms with van der Waals surface area (Å²) in [6.07, 6.45) is 0. The van der Waals surface area contributed by atoms with Gasteiger partial charge in [-0.1, -0.05) is 18.2 Å². The van der Waals surface area contributed by atoms with Gasteiger partial charge in [0.2, 0.25) is 0 Å². The first kappa shape index (κ1) is 12.4. The number of hydrogen-bond donors (Lipinski definition) is 2. The number of benzene rings is 1. The van der Waals surface area contributed by atoms with Crippen LogP contribution in [-0.4, -0.2) is 13.0 Å². The Balaban J connectivity index is 2.16. The second-order valence-electron chi connectivity index (χ2n) is 4.05. The topological polar surface area (TPSA) is 54.3 Å². The summed E-state index contributed by atoms with van der Waals surface area (Å²) in [5.41, 5.74) is 1.84. The van der Waals surface area contributed by atoms with Crippen LogP contribution in [0.3, 0.4) is 0 Å². The van der Waals surface area contributed by atoms with Crippen molar-refractivity contribution in [2.45, 2.75) is 13.5 Å². The fraction of sp³-hybridized carbons (Fsp3) is 0.214. The molecule has 0 aliphatic rings. The summed E-state index contributed by atoms with van der Waals surface area (Å²) >= 11 is 0. The van der Waals surface area contributed by atoms with Gasteiger partial charge in [0.15, 0.2) is 5.76 Å². The van der Waals surface area contributed by atoms with Crippen LogP contribution in [0.5, 0.6) is 0 Å². The van der Waals surface area contributed by atoms with Gasteiger partial charge < -0.3 is 15.1 Å². The SMILES string of the molecule is CNCc1ccccc1NC(=O)c1ccc(C)o1. The average molecular weight is 244 g/mol. The molecule has 0 aliphatic carbocycles. The number of rotatable bonds is 4. The second-order valence-corrected chi connectivity index (χ2v) is 4.05. The van der Waals surface area contributed by atoms with Crippen LogP contribution in [0, 0.1) is 6.92 Å². The zero-order chi connectivity index (χ0) is 13.0. The first-order valence-electron chi connectivity index (χ1n) is 5.81. The van der Waals surface area contributed by atoms with Crippen LogP contribution in [0.4, 0.5) is 5.69 Å². The summed E-state index contributed by atoms with van der Waals surface area (Å²) in [6.45, 7) is 2.51. The van der Waals surface area contributed by atoms with Crippen LogP contribution in [-0.2, 0) is 6.54 Å². The molecule has 0 bridgehead atoms. The van der Waals surface area contributed by atoms with E-state index in [4.69, 9.17) is 4.42 Å². The van der Waals surface area contributed by atoms with Crippen molar-refractivity contribution in [1.82, 2.24) is 5.32 Å². The summed E-state index contributed by atoms with van der Waals surface area (Å²) in [7, 11) is 1.87. The lowest BCUT2D eigenvalue weighted by atomic mass is 10.1. The minimum atomic E-state index is -0.230. The van der Waals surface area contributed by atoms with Crippen LogP contribution >= 0.6 is 0 Å². The molecule has 1 aromatic carbocycles. The number of anilines is 1. The highest BCUT2D eigenvalue weighted by molar-refractivity contribution is 6.02. The molecule has 0 spiro atoms. The van der Waals surface area contributed by atoms with Gasteiger partial charge in [0.1, 0.15) is 5.76 Å². The van der Waals surface area contributed by atoms with Crippen LogP contribution in [0.2, 0.25) is 0 Å². The van der Waals surface area contributed by atoms with E-state index in [1.165, 1.54) is 0 Å². The van der Waals surface area contributed by atoms with Crippen molar-refractivity contribution in [1.29, 1.82) is 0 Å². The fourth-order valence-electron chi connectivity index (χ4n) is 1.73. The smallest absolute Gasteiger partial charge is 0.291 e. The minimum absolute atomic E-state index is 0.230. The number of nitrogens with one attached hydrogen (secondary N) is 2. The highest BCUT2D eigenvalue weighted by Crippen LogP contribution is 2.16. The standard InChI is InChI=1S/C14H16N2O2/c1-10-7-8-13(18-10)14(17)16-12-6-4-3-5-11(12)9-15-2/h3-8,15H,9H2,1-2H3,(H,16,17). The Bertz CT molecular complexity index is 546. The van der Waals surface area contributed by atoms with Crippen LogP contribution in [0.1, 0.15) is 21.9 Å². The Hall–Kier alpha value is -2.07. The number of hydrogen-bond acceptors (Lipinski definition) is 3. The van der Waals surface area contributed by atoms with Crippen molar-refractivity contribution in [3.05, 3.63) is 53.5 Å². The molecule has 4 nitrogen and oxygen atoms in total. The van der Waals surface area contributed by atoms with Crippen LogP contribution < -0.4 is 10.6 Å². The van der Waals surface area contributed by atoms with E-state index >= 15 is 0 Å². The Morgan fingerprint density at radius 2 is 2.00 bits per heavy atom. The molecule has 0 unspecified atom stereocenters. The van der Waals surface area contributed by atoms with Gasteiger partial charge in [-0.3, -0.25) is 4.79 Å². The van der Waals surface area contributed by atoms with Gasteiger partial charge in [0, 0.05) is 12.2 Å². The van der Waals surface area contributed by atoms with E-state index in [9.17, 15) is 4.79 Å². The maximum atomic E-state index is 12.0.